The summed E-state index contributed by atoms with van der Waals surface area (Å²) in [4.78, 5) is 27.5. The predicted molar refractivity (Wildman–Crippen MR) is 120 cm³/mol. The quantitative estimate of drug-likeness (QED) is 0.638. The summed E-state index contributed by atoms with van der Waals surface area (Å²) in [6.45, 7) is 0.481. The van der Waals surface area contributed by atoms with E-state index >= 15 is 0 Å². The molecule has 30 heavy (non-hydrogen) atoms. The predicted octanol–water partition coefficient (Wildman–Crippen LogP) is 5.15. The largest absolute Gasteiger partial charge is 0.339 e. The number of aromatic nitrogens is 2. The number of nitrogens with zero attached hydrogens (tertiary/aromatic N) is 3. The van der Waals surface area contributed by atoms with Gasteiger partial charge in [-0.05, 0) is 37.8 Å². The minimum Gasteiger partial charge on any atom is -0.339 e. The maximum atomic E-state index is 12.9. The Labute approximate surface area is 186 Å². The molecule has 0 atom stereocenters. The van der Waals surface area contributed by atoms with Crippen molar-refractivity contribution in [1.82, 2.24) is 15.1 Å². The van der Waals surface area contributed by atoms with Crippen LogP contribution in [0, 0.1) is 5.92 Å². The summed E-state index contributed by atoms with van der Waals surface area (Å²) >= 11 is 7.26. The van der Waals surface area contributed by atoms with Gasteiger partial charge < -0.3 is 10.2 Å². The molecule has 6 nitrogen and oxygen atoms in total. The Morgan fingerprint density at radius 2 is 1.77 bits per heavy atom. The summed E-state index contributed by atoms with van der Waals surface area (Å²) in [5.74, 6) is 0.290. The number of carbonyl (C=O) groups excluding carboxylic acids is 2. The molecule has 160 valence electrons. The summed E-state index contributed by atoms with van der Waals surface area (Å²) in [7, 11) is 0. The second-order valence-corrected chi connectivity index (χ2v) is 9.58. The molecule has 0 radical (unpaired) electrons. The Kier molecular flexibility index (Phi) is 7.00. The molecule has 8 heteroatoms. The SMILES string of the molecule is O=C(CCN(C(=O)C1CCC1)C1CCCCC1)Nc1nnc(-c2ccc(Cl)cc2)s1. The van der Waals surface area contributed by atoms with Crippen molar-refractivity contribution in [2.24, 2.45) is 5.92 Å². The fourth-order valence-corrected chi connectivity index (χ4v) is 5.03. The van der Waals surface area contributed by atoms with Gasteiger partial charge in [0.05, 0.1) is 0 Å². The Bertz CT molecular complexity index is 876. The molecule has 0 saturated heterocycles. The van der Waals surface area contributed by atoms with E-state index in [4.69, 9.17) is 11.6 Å². The van der Waals surface area contributed by atoms with Crippen LogP contribution in [0.2, 0.25) is 5.02 Å². The van der Waals surface area contributed by atoms with Gasteiger partial charge in [-0.1, -0.05) is 60.8 Å². The molecular weight excluding hydrogens is 420 g/mol. The summed E-state index contributed by atoms with van der Waals surface area (Å²) in [5, 5.41) is 12.9. The summed E-state index contributed by atoms with van der Waals surface area (Å²) in [6, 6.07) is 7.65. The maximum absolute atomic E-state index is 12.9. The third-order valence-corrected chi connectivity index (χ3v) is 7.23. The van der Waals surface area contributed by atoms with Crippen molar-refractivity contribution in [3.8, 4) is 10.6 Å². The molecule has 2 aliphatic rings. The van der Waals surface area contributed by atoms with E-state index in [-0.39, 0.29) is 30.2 Å². The van der Waals surface area contributed by atoms with E-state index in [0.717, 1.165) is 42.7 Å². The number of hydrogen-bond donors (Lipinski definition) is 1. The fraction of sp³-hybridized carbons (Fsp3) is 0.545. The molecule has 2 aromatic rings. The van der Waals surface area contributed by atoms with E-state index in [1.807, 2.05) is 17.0 Å². The number of anilines is 1. The number of rotatable bonds is 7. The lowest BCUT2D eigenvalue weighted by Gasteiger charge is -2.38. The van der Waals surface area contributed by atoms with Crippen LogP contribution in [0.3, 0.4) is 0 Å². The third-order valence-electron chi connectivity index (χ3n) is 6.10. The molecule has 2 aliphatic carbocycles. The van der Waals surface area contributed by atoms with Crippen molar-refractivity contribution in [1.29, 1.82) is 0 Å². The molecular formula is C22H27ClN4O2S. The average Bonchev–Trinajstić information content (AvgIpc) is 3.16. The van der Waals surface area contributed by atoms with Gasteiger partial charge in [-0.25, -0.2) is 0 Å². The van der Waals surface area contributed by atoms with Gasteiger partial charge in [0.15, 0.2) is 0 Å². The molecule has 4 rings (SSSR count). The van der Waals surface area contributed by atoms with Crippen LogP contribution in [0.4, 0.5) is 5.13 Å². The first kappa shape index (κ1) is 21.2. The van der Waals surface area contributed by atoms with E-state index in [1.165, 1.54) is 30.6 Å². The van der Waals surface area contributed by atoms with Gasteiger partial charge in [0.25, 0.3) is 0 Å². The third kappa shape index (κ3) is 5.19. The zero-order valence-electron chi connectivity index (χ0n) is 17.0. The van der Waals surface area contributed by atoms with E-state index < -0.39 is 0 Å². The molecule has 2 amide bonds. The Hall–Kier alpha value is -1.99. The smallest absolute Gasteiger partial charge is 0.227 e. The second-order valence-electron chi connectivity index (χ2n) is 8.17. The number of halogens is 1. The number of amides is 2. The van der Waals surface area contributed by atoms with E-state index in [2.05, 4.69) is 15.5 Å². The van der Waals surface area contributed by atoms with Crippen LogP contribution in [0.25, 0.3) is 10.6 Å². The van der Waals surface area contributed by atoms with Crippen molar-refractivity contribution in [2.75, 3.05) is 11.9 Å². The molecule has 0 unspecified atom stereocenters. The molecule has 0 bridgehead atoms. The van der Waals surface area contributed by atoms with Gasteiger partial charge in [-0.3, -0.25) is 9.59 Å². The van der Waals surface area contributed by atoms with Crippen molar-refractivity contribution in [3.63, 3.8) is 0 Å². The average molecular weight is 447 g/mol. The highest BCUT2D eigenvalue weighted by Gasteiger charge is 2.33. The minimum atomic E-state index is -0.129. The van der Waals surface area contributed by atoms with Crippen LogP contribution in [0.1, 0.15) is 57.8 Å². The van der Waals surface area contributed by atoms with Gasteiger partial charge in [-0.15, -0.1) is 10.2 Å². The van der Waals surface area contributed by atoms with Gasteiger partial charge in [0.2, 0.25) is 16.9 Å². The lowest BCUT2D eigenvalue weighted by molar-refractivity contribution is -0.141. The van der Waals surface area contributed by atoms with Crippen LogP contribution >= 0.6 is 22.9 Å². The number of nitrogens with one attached hydrogen (secondary N) is 1. The molecule has 1 N–H and O–H groups in total. The highest BCUT2D eigenvalue weighted by molar-refractivity contribution is 7.18. The highest BCUT2D eigenvalue weighted by Crippen LogP contribution is 2.32. The second kappa shape index (κ2) is 9.88. The van der Waals surface area contributed by atoms with Crippen LogP contribution in [0.15, 0.2) is 24.3 Å². The fourth-order valence-electron chi connectivity index (χ4n) is 4.14. The zero-order valence-corrected chi connectivity index (χ0v) is 18.6. The molecule has 2 saturated carbocycles. The molecule has 1 aromatic carbocycles. The lowest BCUT2D eigenvalue weighted by Crippen LogP contribution is -2.47. The van der Waals surface area contributed by atoms with Gasteiger partial charge >= 0.3 is 0 Å². The summed E-state index contributed by atoms with van der Waals surface area (Å²) in [6.07, 6.45) is 9.11. The molecule has 0 spiro atoms. The minimum absolute atomic E-state index is 0.129. The highest BCUT2D eigenvalue weighted by atomic mass is 35.5. The number of benzene rings is 1. The van der Waals surface area contributed by atoms with Crippen LogP contribution < -0.4 is 5.32 Å². The van der Waals surface area contributed by atoms with Crippen molar-refractivity contribution < 1.29 is 9.59 Å². The van der Waals surface area contributed by atoms with Gasteiger partial charge in [0, 0.05) is 35.5 Å². The van der Waals surface area contributed by atoms with Crippen molar-refractivity contribution in [2.45, 2.75) is 63.8 Å². The number of hydrogen-bond acceptors (Lipinski definition) is 5. The van der Waals surface area contributed by atoms with E-state index in [1.54, 1.807) is 12.1 Å². The molecule has 0 aliphatic heterocycles. The lowest BCUT2D eigenvalue weighted by atomic mass is 9.83. The first-order valence-electron chi connectivity index (χ1n) is 10.8. The maximum Gasteiger partial charge on any atom is 0.227 e. The van der Waals surface area contributed by atoms with Crippen molar-refractivity contribution in [3.05, 3.63) is 29.3 Å². The van der Waals surface area contributed by atoms with Crippen LogP contribution in [-0.4, -0.2) is 39.5 Å². The Morgan fingerprint density at radius 1 is 1.03 bits per heavy atom. The van der Waals surface area contributed by atoms with Crippen molar-refractivity contribution >= 4 is 39.9 Å². The monoisotopic (exact) mass is 446 g/mol. The van der Waals surface area contributed by atoms with E-state index in [9.17, 15) is 9.59 Å². The standard InChI is InChI=1S/C22H27ClN4O2S/c23-17-11-9-15(10-12-17)20-25-26-22(30-20)24-19(28)13-14-27(18-7-2-1-3-8-18)21(29)16-5-4-6-16/h9-12,16,18H,1-8,13-14H2,(H,24,26,28). The normalized spacial score (nSPS) is 17.4. The zero-order chi connectivity index (χ0) is 20.9. The molecule has 1 heterocycles. The summed E-state index contributed by atoms with van der Waals surface area (Å²) < 4.78 is 0. The topological polar surface area (TPSA) is 75.2 Å². The first-order valence-corrected chi connectivity index (χ1v) is 12.0. The first-order chi connectivity index (χ1) is 14.6. The number of carbonyl (C=O) groups is 2. The molecule has 2 fully saturated rings. The van der Waals surface area contributed by atoms with Gasteiger partial charge in [0.1, 0.15) is 5.01 Å². The van der Waals surface area contributed by atoms with Gasteiger partial charge in [-0.2, -0.15) is 0 Å². The van der Waals surface area contributed by atoms with Crippen LogP contribution in [0.5, 0.6) is 0 Å². The Balaban J connectivity index is 1.34. The van der Waals surface area contributed by atoms with Crippen LogP contribution in [-0.2, 0) is 9.59 Å². The Morgan fingerprint density at radius 3 is 2.43 bits per heavy atom. The molecule has 1 aromatic heterocycles. The summed E-state index contributed by atoms with van der Waals surface area (Å²) in [5.41, 5.74) is 0.909. The van der Waals surface area contributed by atoms with E-state index in [0.29, 0.717) is 16.7 Å².